The van der Waals surface area contributed by atoms with E-state index in [1.807, 2.05) is 19.1 Å². The number of benzene rings is 1. The molecule has 1 unspecified atom stereocenters. The van der Waals surface area contributed by atoms with Crippen LogP contribution in [0.4, 0.5) is 0 Å². The number of rotatable bonds is 2. The molecule has 5 heteroatoms. The minimum atomic E-state index is -3.51. The molecule has 19 heavy (non-hydrogen) atoms. The first-order valence-electron chi connectivity index (χ1n) is 6.52. The van der Waals surface area contributed by atoms with Crippen molar-refractivity contribution in [2.45, 2.75) is 44.1 Å². The fourth-order valence-corrected chi connectivity index (χ4v) is 4.41. The molecule has 1 aliphatic heterocycles. The van der Waals surface area contributed by atoms with Crippen LogP contribution in [0.2, 0.25) is 0 Å². The van der Waals surface area contributed by atoms with Crippen LogP contribution in [0, 0.1) is 13.8 Å². The minimum absolute atomic E-state index is 0.169. The molecule has 106 valence electrons. The lowest BCUT2D eigenvalue weighted by molar-refractivity contribution is 0.00939. The van der Waals surface area contributed by atoms with E-state index in [0.717, 1.165) is 11.1 Å². The van der Waals surface area contributed by atoms with E-state index in [1.165, 1.54) is 4.31 Å². The smallest absolute Gasteiger partial charge is 0.243 e. The topological polar surface area (TPSA) is 57.6 Å². The van der Waals surface area contributed by atoms with Crippen molar-refractivity contribution >= 4 is 10.0 Å². The summed E-state index contributed by atoms with van der Waals surface area (Å²) in [6.45, 7) is 6.02. The normalized spacial score (nSPS) is 25.5. The van der Waals surface area contributed by atoms with Gasteiger partial charge in [0.1, 0.15) is 0 Å². The highest BCUT2D eigenvalue weighted by molar-refractivity contribution is 7.89. The highest BCUT2D eigenvalue weighted by Crippen LogP contribution is 2.27. The van der Waals surface area contributed by atoms with Gasteiger partial charge in [-0.3, -0.25) is 0 Å². The van der Waals surface area contributed by atoms with E-state index in [-0.39, 0.29) is 6.54 Å². The molecule has 1 saturated heterocycles. The summed E-state index contributed by atoms with van der Waals surface area (Å²) in [6, 6.07) is 5.43. The number of aliphatic hydroxyl groups is 1. The van der Waals surface area contributed by atoms with Crippen LogP contribution in [0.15, 0.2) is 23.1 Å². The van der Waals surface area contributed by atoms with Crippen LogP contribution in [0.25, 0.3) is 0 Å². The van der Waals surface area contributed by atoms with Crippen LogP contribution in [-0.2, 0) is 10.0 Å². The monoisotopic (exact) mass is 283 g/mol. The second-order valence-corrected chi connectivity index (χ2v) is 7.61. The second-order valence-electron chi connectivity index (χ2n) is 5.71. The van der Waals surface area contributed by atoms with E-state index in [4.69, 9.17) is 0 Å². The van der Waals surface area contributed by atoms with Crippen LogP contribution in [0.5, 0.6) is 0 Å². The molecule has 0 radical (unpaired) electrons. The van der Waals surface area contributed by atoms with Crippen molar-refractivity contribution in [3.05, 3.63) is 29.3 Å². The zero-order valence-electron chi connectivity index (χ0n) is 11.7. The summed E-state index contributed by atoms with van der Waals surface area (Å²) in [5.41, 5.74) is 0.743. The Morgan fingerprint density at radius 2 is 2.00 bits per heavy atom. The molecule has 0 saturated carbocycles. The van der Waals surface area contributed by atoms with Crippen LogP contribution in [0.3, 0.4) is 0 Å². The number of β-amino-alcohol motifs (C(OH)–C–C–N with tert-alkyl or cyclic N) is 1. The van der Waals surface area contributed by atoms with Gasteiger partial charge in [-0.2, -0.15) is 4.31 Å². The lowest BCUT2D eigenvalue weighted by atomic mass is 9.97. The van der Waals surface area contributed by atoms with Gasteiger partial charge in [-0.15, -0.1) is 0 Å². The zero-order chi connectivity index (χ0) is 14.3. The minimum Gasteiger partial charge on any atom is -0.389 e. The third kappa shape index (κ3) is 2.99. The van der Waals surface area contributed by atoms with Crippen LogP contribution >= 0.6 is 0 Å². The lowest BCUT2D eigenvalue weighted by Crippen LogP contribution is -2.48. The maximum atomic E-state index is 12.7. The fourth-order valence-electron chi connectivity index (χ4n) is 2.50. The van der Waals surface area contributed by atoms with Crippen molar-refractivity contribution in [1.82, 2.24) is 4.31 Å². The van der Waals surface area contributed by atoms with E-state index in [1.54, 1.807) is 19.9 Å². The van der Waals surface area contributed by atoms with Gasteiger partial charge < -0.3 is 5.11 Å². The third-order valence-electron chi connectivity index (χ3n) is 3.60. The van der Waals surface area contributed by atoms with Crippen LogP contribution in [-0.4, -0.2) is 36.5 Å². The number of hydrogen-bond donors (Lipinski definition) is 1. The second kappa shape index (κ2) is 4.89. The van der Waals surface area contributed by atoms with E-state index in [2.05, 4.69) is 0 Å². The van der Waals surface area contributed by atoms with Gasteiger partial charge in [-0.05, 0) is 50.8 Å². The molecule has 0 amide bonds. The first-order chi connectivity index (χ1) is 8.72. The Labute approximate surface area is 115 Å². The number of aryl methyl sites for hydroxylation is 2. The standard InChI is InChI=1S/C14H21NO3S/c1-11-5-6-12(2)13(9-11)19(17,18)15-8-4-7-14(3,16)10-15/h5-6,9,16H,4,7-8,10H2,1-3H3. The lowest BCUT2D eigenvalue weighted by Gasteiger charge is -2.36. The highest BCUT2D eigenvalue weighted by Gasteiger charge is 2.36. The molecule has 1 aliphatic rings. The Hall–Kier alpha value is -0.910. The fraction of sp³-hybridized carbons (Fsp3) is 0.571. The summed E-state index contributed by atoms with van der Waals surface area (Å²) in [5, 5.41) is 10.1. The molecular formula is C14H21NO3S. The predicted molar refractivity (Wildman–Crippen MR) is 74.5 cm³/mol. The summed E-state index contributed by atoms with van der Waals surface area (Å²) < 4.78 is 26.7. The van der Waals surface area contributed by atoms with Gasteiger partial charge in [0.15, 0.2) is 0 Å². The number of sulfonamides is 1. The van der Waals surface area contributed by atoms with Gasteiger partial charge >= 0.3 is 0 Å². The van der Waals surface area contributed by atoms with Crippen molar-refractivity contribution in [2.24, 2.45) is 0 Å². The molecule has 0 spiro atoms. The van der Waals surface area contributed by atoms with Gasteiger partial charge in [-0.1, -0.05) is 12.1 Å². The Bertz CT molecular complexity index is 578. The van der Waals surface area contributed by atoms with Crippen molar-refractivity contribution in [3.63, 3.8) is 0 Å². The molecule has 0 aliphatic carbocycles. The van der Waals surface area contributed by atoms with Gasteiger partial charge in [-0.25, -0.2) is 8.42 Å². The Balaban J connectivity index is 2.39. The quantitative estimate of drug-likeness (QED) is 0.901. The van der Waals surface area contributed by atoms with Crippen LogP contribution < -0.4 is 0 Å². The van der Waals surface area contributed by atoms with Crippen molar-refractivity contribution < 1.29 is 13.5 Å². The summed E-state index contributed by atoms with van der Waals surface area (Å²) in [4.78, 5) is 0.352. The molecule has 0 aromatic heterocycles. The molecule has 1 fully saturated rings. The predicted octanol–water partition coefficient (Wildman–Crippen LogP) is 1.84. The van der Waals surface area contributed by atoms with Gasteiger partial charge in [0.25, 0.3) is 0 Å². The Kier molecular flexibility index (Phi) is 3.73. The molecule has 4 nitrogen and oxygen atoms in total. The highest BCUT2D eigenvalue weighted by atomic mass is 32.2. The summed E-state index contributed by atoms with van der Waals surface area (Å²) >= 11 is 0. The largest absolute Gasteiger partial charge is 0.389 e. The third-order valence-corrected chi connectivity index (χ3v) is 5.59. The molecular weight excluding hydrogens is 262 g/mol. The molecule has 0 bridgehead atoms. The molecule has 2 rings (SSSR count). The number of hydrogen-bond acceptors (Lipinski definition) is 3. The van der Waals surface area contributed by atoms with E-state index >= 15 is 0 Å². The van der Waals surface area contributed by atoms with E-state index in [0.29, 0.717) is 24.3 Å². The summed E-state index contributed by atoms with van der Waals surface area (Å²) in [7, 11) is -3.51. The molecule has 1 atom stereocenters. The van der Waals surface area contributed by atoms with Crippen LogP contribution in [0.1, 0.15) is 30.9 Å². The first kappa shape index (κ1) is 14.5. The summed E-state index contributed by atoms with van der Waals surface area (Å²) in [5.74, 6) is 0. The molecule has 1 aromatic rings. The average Bonchev–Trinajstić information content (AvgIpc) is 2.31. The van der Waals surface area contributed by atoms with E-state index in [9.17, 15) is 13.5 Å². The zero-order valence-corrected chi connectivity index (χ0v) is 12.5. The Morgan fingerprint density at radius 3 is 2.63 bits per heavy atom. The maximum absolute atomic E-state index is 12.7. The molecule has 1 aromatic carbocycles. The van der Waals surface area contributed by atoms with E-state index < -0.39 is 15.6 Å². The average molecular weight is 283 g/mol. The van der Waals surface area contributed by atoms with Gasteiger partial charge in [0.05, 0.1) is 10.5 Å². The van der Waals surface area contributed by atoms with Crippen molar-refractivity contribution in [3.8, 4) is 0 Å². The maximum Gasteiger partial charge on any atom is 0.243 e. The van der Waals surface area contributed by atoms with Gasteiger partial charge in [0.2, 0.25) is 10.0 Å². The first-order valence-corrected chi connectivity index (χ1v) is 7.96. The number of piperidine rings is 1. The Morgan fingerprint density at radius 1 is 1.32 bits per heavy atom. The van der Waals surface area contributed by atoms with Crippen molar-refractivity contribution in [2.75, 3.05) is 13.1 Å². The number of nitrogens with zero attached hydrogens (tertiary/aromatic N) is 1. The van der Waals surface area contributed by atoms with Crippen molar-refractivity contribution in [1.29, 1.82) is 0 Å². The summed E-state index contributed by atoms with van der Waals surface area (Å²) in [6.07, 6.45) is 1.34. The van der Waals surface area contributed by atoms with Gasteiger partial charge in [0, 0.05) is 13.1 Å². The SMILES string of the molecule is Cc1ccc(C)c(S(=O)(=O)N2CCCC(C)(O)C2)c1. The molecule has 1 N–H and O–H groups in total. The molecule has 1 heterocycles.